The van der Waals surface area contributed by atoms with Gasteiger partial charge in [-0.25, -0.2) is 4.39 Å². The van der Waals surface area contributed by atoms with Gasteiger partial charge < -0.3 is 15.8 Å². The molecule has 1 saturated heterocycles. The highest BCUT2D eigenvalue weighted by Crippen LogP contribution is 2.28. The maximum atomic E-state index is 13.3. The SMILES string of the molecule is CC1(Nc2cccc(F)c2N)CCCOC1. The van der Waals surface area contributed by atoms with E-state index in [-0.39, 0.29) is 17.0 Å². The molecule has 1 aliphatic rings. The number of nitrogens with one attached hydrogen (secondary N) is 1. The molecule has 1 aromatic carbocycles. The van der Waals surface area contributed by atoms with Crippen LogP contribution in [-0.2, 0) is 4.74 Å². The minimum Gasteiger partial charge on any atom is -0.395 e. The number of halogens is 1. The summed E-state index contributed by atoms with van der Waals surface area (Å²) in [6, 6.07) is 4.81. The van der Waals surface area contributed by atoms with Crippen molar-refractivity contribution in [3.8, 4) is 0 Å². The molecule has 3 nitrogen and oxygen atoms in total. The molecule has 16 heavy (non-hydrogen) atoms. The van der Waals surface area contributed by atoms with Gasteiger partial charge in [0.25, 0.3) is 0 Å². The van der Waals surface area contributed by atoms with Gasteiger partial charge >= 0.3 is 0 Å². The van der Waals surface area contributed by atoms with Crippen LogP contribution >= 0.6 is 0 Å². The number of anilines is 2. The fourth-order valence-electron chi connectivity index (χ4n) is 2.00. The van der Waals surface area contributed by atoms with Crippen LogP contribution in [0.4, 0.5) is 15.8 Å². The Kier molecular flexibility index (Phi) is 3.01. The van der Waals surface area contributed by atoms with Crippen molar-refractivity contribution in [3.63, 3.8) is 0 Å². The Morgan fingerprint density at radius 1 is 1.50 bits per heavy atom. The molecule has 1 fully saturated rings. The number of ether oxygens (including phenoxy) is 1. The third kappa shape index (κ3) is 2.27. The fourth-order valence-corrected chi connectivity index (χ4v) is 2.00. The summed E-state index contributed by atoms with van der Waals surface area (Å²) in [4.78, 5) is 0. The van der Waals surface area contributed by atoms with E-state index in [1.54, 1.807) is 12.1 Å². The van der Waals surface area contributed by atoms with Crippen LogP contribution in [0.3, 0.4) is 0 Å². The van der Waals surface area contributed by atoms with Crippen molar-refractivity contribution >= 4 is 11.4 Å². The maximum Gasteiger partial charge on any atom is 0.148 e. The molecule has 1 aromatic rings. The Morgan fingerprint density at radius 3 is 3.00 bits per heavy atom. The first-order chi connectivity index (χ1) is 7.61. The molecule has 1 aliphatic heterocycles. The lowest BCUT2D eigenvalue weighted by Crippen LogP contribution is -2.43. The molecule has 1 atom stereocenters. The van der Waals surface area contributed by atoms with Crippen LogP contribution in [0.1, 0.15) is 19.8 Å². The van der Waals surface area contributed by atoms with Gasteiger partial charge in [0.05, 0.1) is 23.5 Å². The first kappa shape index (κ1) is 11.2. The number of nitrogens with two attached hydrogens (primary N) is 1. The summed E-state index contributed by atoms with van der Waals surface area (Å²) >= 11 is 0. The van der Waals surface area contributed by atoms with Gasteiger partial charge in [-0.15, -0.1) is 0 Å². The predicted octanol–water partition coefficient (Wildman–Crippen LogP) is 2.39. The lowest BCUT2D eigenvalue weighted by Gasteiger charge is -2.35. The highest BCUT2D eigenvalue weighted by molar-refractivity contribution is 5.67. The molecule has 0 spiro atoms. The van der Waals surface area contributed by atoms with Gasteiger partial charge in [0.15, 0.2) is 0 Å². The zero-order chi connectivity index (χ0) is 11.6. The van der Waals surface area contributed by atoms with E-state index < -0.39 is 0 Å². The molecule has 88 valence electrons. The molecule has 0 aromatic heterocycles. The van der Waals surface area contributed by atoms with Crippen LogP contribution < -0.4 is 11.1 Å². The highest BCUT2D eigenvalue weighted by Gasteiger charge is 2.28. The van der Waals surface area contributed by atoms with E-state index in [2.05, 4.69) is 12.2 Å². The standard InChI is InChI=1S/C12H17FN2O/c1-12(6-3-7-16-8-12)15-10-5-2-4-9(13)11(10)14/h2,4-5,15H,3,6-8,14H2,1H3. The second kappa shape index (κ2) is 4.29. The van der Waals surface area contributed by atoms with Crippen molar-refractivity contribution in [1.29, 1.82) is 0 Å². The summed E-state index contributed by atoms with van der Waals surface area (Å²) in [6.07, 6.45) is 2.02. The highest BCUT2D eigenvalue weighted by atomic mass is 19.1. The smallest absolute Gasteiger partial charge is 0.148 e. The van der Waals surface area contributed by atoms with Crippen LogP contribution in [0.25, 0.3) is 0 Å². The van der Waals surface area contributed by atoms with E-state index in [9.17, 15) is 4.39 Å². The van der Waals surface area contributed by atoms with Gasteiger partial charge in [0.2, 0.25) is 0 Å². The van der Waals surface area contributed by atoms with E-state index in [4.69, 9.17) is 10.5 Å². The van der Waals surface area contributed by atoms with Crippen LogP contribution in [0.15, 0.2) is 18.2 Å². The third-order valence-corrected chi connectivity index (χ3v) is 2.93. The summed E-state index contributed by atoms with van der Waals surface area (Å²) in [5, 5.41) is 3.28. The first-order valence-corrected chi connectivity index (χ1v) is 5.51. The molecule has 2 rings (SSSR count). The molecule has 0 aliphatic carbocycles. The Bertz CT molecular complexity index is 375. The number of rotatable bonds is 2. The van der Waals surface area contributed by atoms with Crippen LogP contribution in [0.5, 0.6) is 0 Å². The van der Waals surface area contributed by atoms with Crippen LogP contribution in [-0.4, -0.2) is 18.8 Å². The van der Waals surface area contributed by atoms with Gasteiger partial charge in [0, 0.05) is 6.61 Å². The fraction of sp³-hybridized carbons (Fsp3) is 0.500. The summed E-state index contributed by atoms with van der Waals surface area (Å²) < 4.78 is 18.7. The molecule has 0 amide bonds. The van der Waals surface area contributed by atoms with E-state index in [1.807, 2.05) is 0 Å². The van der Waals surface area contributed by atoms with Crippen LogP contribution in [0.2, 0.25) is 0 Å². The first-order valence-electron chi connectivity index (χ1n) is 5.51. The Balaban J connectivity index is 2.16. The lowest BCUT2D eigenvalue weighted by molar-refractivity contribution is 0.0540. The Hall–Kier alpha value is -1.29. The summed E-state index contributed by atoms with van der Waals surface area (Å²) in [6.45, 7) is 3.50. The van der Waals surface area contributed by atoms with Crippen molar-refractivity contribution in [2.24, 2.45) is 0 Å². The average Bonchev–Trinajstić information content (AvgIpc) is 2.26. The molecule has 1 unspecified atom stereocenters. The van der Waals surface area contributed by atoms with Gasteiger partial charge in [-0.05, 0) is 31.9 Å². The van der Waals surface area contributed by atoms with Crippen molar-refractivity contribution in [2.75, 3.05) is 24.3 Å². The maximum absolute atomic E-state index is 13.3. The Labute approximate surface area is 94.8 Å². The summed E-state index contributed by atoms with van der Waals surface area (Å²) in [7, 11) is 0. The van der Waals surface area contributed by atoms with Gasteiger partial charge in [-0.3, -0.25) is 0 Å². The minimum atomic E-state index is -0.384. The number of benzene rings is 1. The third-order valence-electron chi connectivity index (χ3n) is 2.93. The zero-order valence-electron chi connectivity index (χ0n) is 9.42. The van der Waals surface area contributed by atoms with Crippen LogP contribution in [0, 0.1) is 5.82 Å². The second-order valence-corrected chi connectivity index (χ2v) is 4.54. The molecule has 3 N–H and O–H groups in total. The topological polar surface area (TPSA) is 47.3 Å². The normalized spacial score (nSPS) is 25.4. The summed E-state index contributed by atoms with van der Waals surface area (Å²) in [5.74, 6) is -0.384. The minimum absolute atomic E-state index is 0.153. The van der Waals surface area contributed by atoms with Gasteiger partial charge in [-0.1, -0.05) is 6.07 Å². The molecule has 0 bridgehead atoms. The number of hydrogen-bond donors (Lipinski definition) is 2. The Morgan fingerprint density at radius 2 is 2.31 bits per heavy atom. The monoisotopic (exact) mass is 224 g/mol. The van der Waals surface area contributed by atoms with E-state index in [1.165, 1.54) is 6.07 Å². The van der Waals surface area contributed by atoms with E-state index in [0.29, 0.717) is 12.3 Å². The van der Waals surface area contributed by atoms with Crippen molar-refractivity contribution < 1.29 is 9.13 Å². The predicted molar refractivity (Wildman–Crippen MR) is 62.9 cm³/mol. The quantitative estimate of drug-likeness (QED) is 0.758. The largest absolute Gasteiger partial charge is 0.395 e. The van der Waals surface area contributed by atoms with E-state index >= 15 is 0 Å². The number of nitrogen functional groups attached to an aromatic ring is 1. The van der Waals surface area contributed by atoms with Gasteiger partial charge in [0.1, 0.15) is 5.82 Å². The van der Waals surface area contributed by atoms with Crippen molar-refractivity contribution in [1.82, 2.24) is 0 Å². The molecular formula is C12H17FN2O. The molecule has 0 saturated carbocycles. The lowest BCUT2D eigenvalue weighted by atomic mass is 9.94. The van der Waals surface area contributed by atoms with Crippen molar-refractivity contribution in [2.45, 2.75) is 25.3 Å². The zero-order valence-corrected chi connectivity index (χ0v) is 9.42. The molecule has 4 heteroatoms. The van der Waals surface area contributed by atoms with E-state index in [0.717, 1.165) is 19.4 Å². The second-order valence-electron chi connectivity index (χ2n) is 4.54. The molecular weight excluding hydrogens is 207 g/mol. The number of para-hydroxylation sites is 1. The van der Waals surface area contributed by atoms with Crippen molar-refractivity contribution in [3.05, 3.63) is 24.0 Å². The molecule has 0 radical (unpaired) electrons. The van der Waals surface area contributed by atoms with Gasteiger partial charge in [-0.2, -0.15) is 0 Å². The number of hydrogen-bond acceptors (Lipinski definition) is 3. The summed E-state index contributed by atoms with van der Waals surface area (Å²) in [5.41, 5.74) is 6.35. The molecule has 1 heterocycles. The average molecular weight is 224 g/mol.